The van der Waals surface area contributed by atoms with Gasteiger partial charge in [-0.05, 0) is 47.2 Å². The molecule has 4 nitrogen and oxygen atoms in total. The number of rotatable bonds is 7. The SMILES string of the molecule is COc1ccc(OCC(=O)Nc2c(C(C)C)cccc2C(C)C)cc1. The Balaban J connectivity index is 2.08. The maximum atomic E-state index is 12.4. The molecule has 0 aromatic heterocycles. The van der Waals surface area contributed by atoms with Gasteiger partial charge in [-0.25, -0.2) is 0 Å². The molecule has 0 bridgehead atoms. The molecule has 0 atom stereocenters. The molecule has 2 aromatic carbocycles. The van der Waals surface area contributed by atoms with Crippen molar-refractivity contribution in [3.8, 4) is 11.5 Å². The Morgan fingerprint density at radius 2 is 1.44 bits per heavy atom. The van der Waals surface area contributed by atoms with Gasteiger partial charge in [-0.15, -0.1) is 0 Å². The molecule has 0 spiro atoms. The first-order valence-corrected chi connectivity index (χ1v) is 8.61. The molecule has 4 heteroatoms. The lowest BCUT2D eigenvalue weighted by atomic mass is 9.92. The standard InChI is InChI=1S/C21H27NO3/c1-14(2)18-7-6-8-19(15(3)4)21(18)22-20(23)13-25-17-11-9-16(24-5)10-12-17/h6-12,14-15H,13H2,1-5H3,(H,22,23). The Morgan fingerprint density at radius 3 is 1.92 bits per heavy atom. The van der Waals surface area contributed by atoms with Crippen LogP contribution >= 0.6 is 0 Å². The Morgan fingerprint density at radius 1 is 0.920 bits per heavy atom. The zero-order valence-corrected chi connectivity index (χ0v) is 15.6. The zero-order valence-electron chi connectivity index (χ0n) is 15.6. The minimum Gasteiger partial charge on any atom is -0.497 e. The van der Waals surface area contributed by atoms with Crippen LogP contribution in [0.25, 0.3) is 0 Å². The first kappa shape index (κ1) is 18.8. The molecular formula is C21H27NO3. The van der Waals surface area contributed by atoms with Crippen LogP contribution in [-0.4, -0.2) is 19.6 Å². The Labute approximate surface area is 150 Å². The second-order valence-corrected chi connectivity index (χ2v) is 6.63. The van der Waals surface area contributed by atoms with E-state index in [4.69, 9.17) is 9.47 Å². The van der Waals surface area contributed by atoms with Crippen molar-refractivity contribution in [2.45, 2.75) is 39.5 Å². The van der Waals surface area contributed by atoms with Gasteiger partial charge in [-0.2, -0.15) is 0 Å². The maximum Gasteiger partial charge on any atom is 0.262 e. The van der Waals surface area contributed by atoms with Gasteiger partial charge in [0.2, 0.25) is 0 Å². The van der Waals surface area contributed by atoms with E-state index in [-0.39, 0.29) is 12.5 Å². The predicted molar refractivity (Wildman–Crippen MR) is 102 cm³/mol. The fourth-order valence-corrected chi connectivity index (χ4v) is 2.69. The average Bonchev–Trinajstić information content (AvgIpc) is 2.60. The average molecular weight is 341 g/mol. The van der Waals surface area contributed by atoms with E-state index < -0.39 is 0 Å². The largest absolute Gasteiger partial charge is 0.497 e. The number of carbonyl (C=O) groups excluding carboxylic acids is 1. The number of anilines is 1. The van der Waals surface area contributed by atoms with E-state index in [1.807, 2.05) is 6.07 Å². The van der Waals surface area contributed by atoms with Crippen molar-refractivity contribution < 1.29 is 14.3 Å². The van der Waals surface area contributed by atoms with Crippen LogP contribution in [0, 0.1) is 0 Å². The van der Waals surface area contributed by atoms with Gasteiger partial charge in [-0.3, -0.25) is 4.79 Å². The summed E-state index contributed by atoms with van der Waals surface area (Å²) in [5.41, 5.74) is 3.20. The third-order valence-corrected chi connectivity index (χ3v) is 4.07. The van der Waals surface area contributed by atoms with Crippen LogP contribution in [-0.2, 0) is 4.79 Å². The molecule has 0 heterocycles. The van der Waals surface area contributed by atoms with Gasteiger partial charge in [0.1, 0.15) is 11.5 Å². The van der Waals surface area contributed by atoms with Crippen LogP contribution in [0.3, 0.4) is 0 Å². The molecule has 1 amide bonds. The maximum absolute atomic E-state index is 12.4. The molecule has 25 heavy (non-hydrogen) atoms. The number of hydrogen-bond acceptors (Lipinski definition) is 3. The third kappa shape index (κ3) is 4.99. The lowest BCUT2D eigenvalue weighted by molar-refractivity contribution is -0.118. The predicted octanol–water partition coefficient (Wildman–Crippen LogP) is 4.96. The van der Waals surface area contributed by atoms with Crippen molar-refractivity contribution in [3.05, 3.63) is 53.6 Å². The highest BCUT2D eigenvalue weighted by Gasteiger charge is 2.16. The Hall–Kier alpha value is -2.49. The molecule has 134 valence electrons. The molecule has 0 aliphatic heterocycles. The van der Waals surface area contributed by atoms with Gasteiger partial charge in [0.05, 0.1) is 7.11 Å². The lowest BCUT2D eigenvalue weighted by Gasteiger charge is -2.20. The second-order valence-electron chi connectivity index (χ2n) is 6.63. The summed E-state index contributed by atoms with van der Waals surface area (Å²) in [5, 5.41) is 3.05. The molecular weight excluding hydrogens is 314 g/mol. The van der Waals surface area contributed by atoms with Crippen molar-refractivity contribution >= 4 is 11.6 Å². The van der Waals surface area contributed by atoms with Crippen LogP contribution in [0.2, 0.25) is 0 Å². The Bertz CT molecular complexity index is 679. The van der Waals surface area contributed by atoms with Gasteiger partial charge in [0, 0.05) is 5.69 Å². The summed E-state index contributed by atoms with van der Waals surface area (Å²) in [6.45, 7) is 8.48. The number of nitrogens with one attached hydrogen (secondary N) is 1. The molecule has 0 radical (unpaired) electrons. The summed E-state index contributed by atoms with van der Waals surface area (Å²) in [5.74, 6) is 1.89. The van der Waals surface area contributed by atoms with Gasteiger partial charge in [0.25, 0.3) is 5.91 Å². The molecule has 2 rings (SSSR count). The molecule has 0 fully saturated rings. The minimum atomic E-state index is -0.161. The Kier molecular flexibility index (Phi) is 6.45. The number of methoxy groups -OCH3 is 1. The van der Waals surface area contributed by atoms with Crippen molar-refractivity contribution in [2.75, 3.05) is 19.0 Å². The quantitative estimate of drug-likeness (QED) is 0.774. The monoisotopic (exact) mass is 341 g/mol. The smallest absolute Gasteiger partial charge is 0.262 e. The summed E-state index contributed by atoms with van der Waals surface area (Å²) in [6, 6.07) is 13.4. The summed E-state index contributed by atoms with van der Waals surface area (Å²) in [4.78, 5) is 12.4. The van der Waals surface area contributed by atoms with Crippen LogP contribution in [0.5, 0.6) is 11.5 Å². The summed E-state index contributed by atoms with van der Waals surface area (Å²) < 4.78 is 10.7. The lowest BCUT2D eigenvalue weighted by Crippen LogP contribution is -2.22. The van der Waals surface area contributed by atoms with E-state index in [1.54, 1.807) is 31.4 Å². The molecule has 0 aliphatic carbocycles. The first-order valence-electron chi connectivity index (χ1n) is 8.61. The number of carbonyl (C=O) groups is 1. The topological polar surface area (TPSA) is 47.6 Å². The zero-order chi connectivity index (χ0) is 18.4. The third-order valence-electron chi connectivity index (χ3n) is 4.07. The van der Waals surface area contributed by atoms with E-state index >= 15 is 0 Å². The number of amides is 1. The van der Waals surface area contributed by atoms with Crippen molar-refractivity contribution in [1.29, 1.82) is 0 Å². The minimum absolute atomic E-state index is 0.0315. The van der Waals surface area contributed by atoms with Gasteiger partial charge < -0.3 is 14.8 Å². The van der Waals surface area contributed by atoms with E-state index in [1.165, 1.54) is 0 Å². The number of benzene rings is 2. The van der Waals surface area contributed by atoms with Crippen LogP contribution in [0.4, 0.5) is 5.69 Å². The normalized spacial score (nSPS) is 10.8. The highest BCUT2D eigenvalue weighted by Crippen LogP contribution is 2.32. The molecule has 1 N–H and O–H groups in total. The fourth-order valence-electron chi connectivity index (χ4n) is 2.69. The molecule has 0 saturated carbocycles. The van der Waals surface area contributed by atoms with Crippen LogP contribution < -0.4 is 14.8 Å². The molecule has 0 aliphatic rings. The fraction of sp³-hybridized carbons (Fsp3) is 0.381. The van der Waals surface area contributed by atoms with Crippen molar-refractivity contribution in [2.24, 2.45) is 0 Å². The number of ether oxygens (including phenoxy) is 2. The highest BCUT2D eigenvalue weighted by atomic mass is 16.5. The van der Waals surface area contributed by atoms with Crippen molar-refractivity contribution in [3.63, 3.8) is 0 Å². The summed E-state index contributed by atoms with van der Waals surface area (Å²) in [6.07, 6.45) is 0. The van der Waals surface area contributed by atoms with Crippen molar-refractivity contribution in [1.82, 2.24) is 0 Å². The van der Waals surface area contributed by atoms with E-state index in [0.29, 0.717) is 17.6 Å². The molecule has 2 aromatic rings. The van der Waals surface area contributed by atoms with Gasteiger partial charge >= 0.3 is 0 Å². The molecule has 0 saturated heterocycles. The summed E-state index contributed by atoms with van der Waals surface area (Å²) >= 11 is 0. The number of para-hydroxylation sites is 1. The second kappa shape index (κ2) is 8.56. The van der Waals surface area contributed by atoms with Gasteiger partial charge in [0.15, 0.2) is 6.61 Å². The van der Waals surface area contributed by atoms with Gasteiger partial charge in [-0.1, -0.05) is 45.9 Å². The highest BCUT2D eigenvalue weighted by molar-refractivity contribution is 5.93. The van der Waals surface area contributed by atoms with E-state index in [9.17, 15) is 4.79 Å². The van der Waals surface area contributed by atoms with E-state index in [0.717, 1.165) is 22.6 Å². The summed E-state index contributed by atoms with van der Waals surface area (Å²) in [7, 11) is 1.61. The van der Waals surface area contributed by atoms with Crippen LogP contribution in [0.1, 0.15) is 50.7 Å². The first-order chi connectivity index (χ1) is 11.9. The molecule has 0 unspecified atom stereocenters. The number of hydrogen-bond donors (Lipinski definition) is 1. The van der Waals surface area contributed by atoms with Crippen LogP contribution in [0.15, 0.2) is 42.5 Å². The van der Waals surface area contributed by atoms with E-state index in [2.05, 4.69) is 45.1 Å².